The molecule has 0 fully saturated rings. The number of amides is 1. The maximum atomic E-state index is 11.1. The molecule has 3 aromatic carbocycles. The summed E-state index contributed by atoms with van der Waals surface area (Å²) in [4.78, 5) is 13.3. The minimum atomic E-state index is -1.31. The molecule has 4 rings (SSSR count). The molecule has 1 heterocycles. The number of rotatable bonds is 3. The number of carbonyl (C=O) groups excluding carboxylic acids is 1. The molecule has 0 saturated heterocycles. The molecule has 0 radical (unpaired) electrons. The Morgan fingerprint density at radius 2 is 1.69 bits per heavy atom. The normalized spacial score (nSPS) is 12.7. The highest BCUT2D eigenvalue weighted by Crippen LogP contribution is 2.42. The van der Waals surface area contributed by atoms with E-state index in [2.05, 4.69) is 44.3 Å². The highest BCUT2D eigenvalue weighted by Gasteiger charge is 2.23. The quantitative estimate of drug-likeness (QED) is 0.691. The van der Waals surface area contributed by atoms with Gasteiger partial charge in [0.15, 0.2) is 0 Å². The molecule has 1 aliphatic heterocycles. The summed E-state index contributed by atoms with van der Waals surface area (Å²) in [6.07, 6.45) is -0.339. The zero-order valence-corrected chi connectivity index (χ0v) is 15.5. The molecule has 0 unspecified atom stereocenters. The molecule has 0 aromatic heterocycles. The average molecular weight is 408 g/mol. The Labute approximate surface area is 160 Å². The van der Waals surface area contributed by atoms with E-state index in [1.165, 1.54) is 11.3 Å². The standard InChI is InChI=1S/C21H17BrN2O2/c22-15-9-10-19-14(13-15)11-12-24(19)20-8-4-2-6-17(20)16-5-1-3-7-18(16)23-21(25)26/h1-10,13,23H,11-12H2,(H,25,26)/p-1. The van der Waals surface area contributed by atoms with Crippen LogP contribution < -0.4 is 15.3 Å². The molecule has 0 spiro atoms. The van der Waals surface area contributed by atoms with Crippen molar-refractivity contribution in [3.8, 4) is 11.1 Å². The van der Waals surface area contributed by atoms with Crippen molar-refractivity contribution in [1.82, 2.24) is 0 Å². The Kier molecular flexibility index (Phi) is 4.39. The van der Waals surface area contributed by atoms with Crippen molar-refractivity contribution in [3.05, 3.63) is 76.8 Å². The summed E-state index contributed by atoms with van der Waals surface area (Å²) in [6, 6.07) is 21.8. The molecule has 0 aliphatic carbocycles. The van der Waals surface area contributed by atoms with Gasteiger partial charge in [-0.15, -0.1) is 0 Å². The molecule has 0 bridgehead atoms. The Hall–Kier alpha value is -2.79. The van der Waals surface area contributed by atoms with Gasteiger partial charge in [-0.25, -0.2) is 0 Å². The third-order valence-electron chi connectivity index (χ3n) is 4.59. The molecule has 26 heavy (non-hydrogen) atoms. The first kappa shape index (κ1) is 16.7. The fraction of sp³-hybridized carbons (Fsp3) is 0.0952. The zero-order valence-electron chi connectivity index (χ0n) is 13.9. The summed E-state index contributed by atoms with van der Waals surface area (Å²) >= 11 is 3.54. The van der Waals surface area contributed by atoms with Crippen LogP contribution in [0.25, 0.3) is 11.1 Å². The Morgan fingerprint density at radius 3 is 2.50 bits per heavy atom. The number of anilines is 3. The molecule has 1 N–H and O–H groups in total. The molecule has 1 amide bonds. The van der Waals surface area contributed by atoms with Gasteiger partial charge in [-0.2, -0.15) is 0 Å². The lowest BCUT2D eigenvalue weighted by Crippen LogP contribution is -2.29. The lowest BCUT2D eigenvalue weighted by atomic mass is 10.0. The van der Waals surface area contributed by atoms with Crippen molar-refractivity contribution in [2.75, 3.05) is 16.8 Å². The van der Waals surface area contributed by atoms with Crippen LogP contribution in [0.1, 0.15) is 5.56 Å². The van der Waals surface area contributed by atoms with Gasteiger partial charge in [0.1, 0.15) is 6.09 Å². The van der Waals surface area contributed by atoms with E-state index in [9.17, 15) is 9.90 Å². The first-order chi connectivity index (χ1) is 12.6. The SMILES string of the molecule is O=C([O-])Nc1ccccc1-c1ccccc1N1CCc2cc(Br)ccc21. The zero-order chi connectivity index (χ0) is 18.1. The molecule has 3 aromatic rings. The van der Waals surface area contributed by atoms with Crippen molar-refractivity contribution in [2.24, 2.45) is 0 Å². The predicted molar refractivity (Wildman–Crippen MR) is 106 cm³/mol. The smallest absolute Gasteiger partial charge is 0.138 e. The molecule has 0 saturated carbocycles. The van der Waals surface area contributed by atoms with Gasteiger partial charge in [0.2, 0.25) is 0 Å². The lowest BCUT2D eigenvalue weighted by Gasteiger charge is -2.24. The van der Waals surface area contributed by atoms with Crippen molar-refractivity contribution < 1.29 is 9.90 Å². The van der Waals surface area contributed by atoms with Crippen LogP contribution in [0, 0.1) is 0 Å². The minimum Gasteiger partial charge on any atom is -0.530 e. The summed E-state index contributed by atoms with van der Waals surface area (Å²) in [5.41, 5.74) is 5.88. The number of para-hydroxylation sites is 2. The van der Waals surface area contributed by atoms with Gasteiger partial charge in [-0.3, -0.25) is 0 Å². The number of benzene rings is 3. The van der Waals surface area contributed by atoms with Gasteiger partial charge in [-0.1, -0.05) is 52.3 Å². The first-order valence-corrected chi connectivity index (χ1v) is 9.15. The summed E-state index contributed by atoms with van der Waals surface area (Å²) in [7, 11) is 0. The van der Waals surface area contributed by atoms with Gasteiger partial charge in [-0.05, 0) is 42.3 Å². The van der Waals surface area contributed by atoms with Crippen molar-refractivity contribution in [1.29, 1.82) is 0 Å². The maximum Gasteiger partial charge on any atom is 0.138 e. The van der Waals surface area contributed by atoms with E-state index in [0.29, 0.717) is 5.69 Å². The first-order valence-electron chi connectivity index (χ1n) is 8.36. The number of nitrogens with zero attached hydrogens (tertiary/aromatic N) is 1. The van der Waals surface area contributed by atoms with E-state index < -0.39 is 6.09 Å². The van der Waals surface area contributed by atoms with Gasteiger partial charge in [0.05, 0.1) is 0 Å². The van der Waals surface area contributed by atoms with Gasteiger partial charge < -0.3 is 20.1 Å². The number of carboxylic acid groups (broad SMARTS) is 1. The number of hydrogen-bond donors (Lipinski definition) is 1. The van der Waals surface area contributed by atoms with E-state index in [-0.39, 0.29) is 0 Å². The number of fused-ring (bicyclic) bond motifs is 1. The van der Waals surface area contributed by atoms with E-state index in [1.54, 1.807) is 12.1 Å². The predicted octanol–water partition coefficient (Wildman–Crippen LogP) is 4.57. The van der Waals surface area contributed by atoms with Crippen LogP contribution in [0.15, 0.2) is 71.2 Å². The summed E-state index contributed by atoms with van der Waals surface area (Å²) in [6.45, 7) is 0.888. The highest BCUT2D eigenvalue weighted by atomic mass is 79.9. The number of nitrogens with one attached hydrogen (secondary N) is 1. The second-order valence-corrected chi connectivity index (χ2v) is 7.07. The van der Waals surface area contributed by atoms with Crippen LogP contribution in [-0.2, 0) is 6.42 Å². The molecular weight excluding hydrogens is 392 g/mol. The minimum absolute atomic E-state index is 0.523. The fourth-order valence-electron chi connectivity index (χ4n) is 3.49. The van der Waals surface area contributed by atoms with Crippen molar-refractivity contribution in [2.45, 2.75) is 6.42 Å². The summed E-state index contributed by atoms with van der Waals surface area (Å²) < 4.78 is 1.08. The molecule has 130 valence electrons. The fourth-order valence-corrected chi connectivity index (χ4v) is 3.90. The topological polar surface area (TPSA) is 55.4 Å². The second kappa shape index (κ2) is 6.84. The van der Waals surface area contributed by atoms with Gasteiger partial charge >= 0.3 is 0 Å². The van der Waals surface area contributed by atoms with Gasteiger partial charge in [0.25, 0.3) is 0 Å². The maximum absolute atomic E-state index is 11.1. The highest BCUT2D eigenvalue weighted by molar-refractivity contribution is 9.10. The van der Waals surface area contributed by atoms with Crippen LogP contribution in [-0.4, -0.2) is 12.6 Å². The van der Waals surface area contributed by atoms with E-state index in [1.807, 2.05) is 36.4 Å². The summed E-state index contributed by atoms with van der Waals surface area (Å²) in [5, 5.41) is 13.4. The van der Waals surface area contributed by atoms with Crippen molar-refractivity contribution in [3.63, 3.8) is 0 Å². The number of halogens is 1. The van der Waals surface area contributed by atoms with Crippen LogP contribution in [0.2, 0.25) is 0 Å². The number of carbonyl (C=O) groups is 1. The van der Waals surface area contributed by atoms with Gasteiger partial charge in [0, 0.05) is 39.2 Å². The Morgan fingerprint density at radius 1 is 0.962 bits per heavy atom. The Bertz CT molecular complexity index is 987. The number of hydrogen-bond acceptors (Lipinski definition) is 3. The average Bonchev–Trinajstić information content (AvgIpc) is 3.04. The summed E-state index contributed by atoms with van der Waals surface area (Å²) in [5.74, 6) is 0. The third kappa shape index (κ3) is 3.06. The Balaban J connectivity index is 1.82. The lowest BCUT2D eigenvalue weighted by molar-refractivity contribution is -0.242. The second-order valence-electron chi connectivity index (χ2n) is 6.15. The molecule has 0 atom stereocenters. The molecular formula is C21H16BrN2O2-. The molecule has 4 nitrogen and oxygen atoms in total. The molecule has 1 aliphatic rings. The van der Waals surface area contributed by atoms with E-state index in [0.717, 1.165) is 34.3 Å². The monoisotopic (exact) mass is 407 g/mol. The van der Waals surface area contributed by atoms with Crippen LogP contribution in [0.3, 0.4) is 0 Å². The molecule has 5 heteroatoms. The largest absolute Gasteiger partial charge is 0.530 e. The third-order valence-corrected chi connectivity index (χ3v) is 5.08. The van der Waals surface area contributed by atoms with E-state index in [4.69, 9.17) is 0 Å². The van der Waals surface area contributed by atoms with Crippen LogP contribution in [0.4, 0.5) is 21.9 Å². The van der Waals surface area contributed by atoms with Crippen LogP contribution >= 0.6 is 15.9 Å². The van der Waals surface area contributed by atoms with Crippen LogP contribution in [0.5, 0.6) is 0 Å². The van der Waals surface area contributed by atoms with E-state index >= 15 is 0 Å². The van der Waals surface area contributed by atoms with Crippen molar-refractivity contribution >= 4 is 39.1 Å².